The molecule has 2 amide bonds. The standard InChI is InChI=1S/C20H36N4O4/c1-3-27-16(2)19(25)28-18-6-10-23(11-7-18)20(26)24-14-12-22(13-15-24)17-4-8-21-9-5-17/h16-18,21H,3-15H2,1-2H3. The van der Waals surface area contributed by atoms with Gasteiger partial charge in [-0.3, -0.25) is 4.90 Å². The highest BCUT2D eigenvalue weighted by atomic mass is 16.6. The number of piperazine rings is 1. The minimum Gasteiger partial charge on any atom is -0.460 e. The Morgan fingerprint density at radius 2 is 1.57 bits per heavy atom. The largest absolute Gasteiger partial charge is 0.460 e. The smallest absolute Gasteiger partial charge is 0.335 e. The number of piperidine rings is 2. The number of ether oxygens (including phenoxy) is 2. The van der Waals surface area contributed by atoms with Gasteiger partial charge in [-0.25, -0.2) is 9.59 Å². The third-order valence-electron chi connectivity index (χ3n) is 6.15. The first-order valence-corrected chi connectivity index (χ1v) is 10.9. The molecule has 3 fully saturated rings. The number of esters is 1. The monoisotopic (exact) mass is 396 g/mol. The second kappa shape index (κ2) is 10.4. The first kappa shape index (κ1) is 21.3. The van der Waals surface area contributed by atoms with E-state index in [1.165, 1.54) is 12.8 Å². The van der Waals surface area contributed by atoms with Crippen molar-refractivity contribution in [2.24, 2.45) is 0 Å². The number of carbonyl (C=O) groups excluding carboxylic acids is 2. The molecule has 0 saturated carbocycles. The lowest BCUT2D eigenvalue weighted by Crippen LogP contribution is -2.57. The lowest BCUT2D eigenvalue weighted by atomic mass is 10.0. The summed E-state index contributed by atoms with van der Waals surface area (Å²) in [6.07, 6.45) is 3.18. The summed E-state index contributed by atoms with van der Waals surface area (Å²) < 4.78 is 10.8. The third kappa shape index (κ3) is 5.58. The van der Waals surface area contributed by atoms with E-state index in [0.29, 0.717) is 38.6 Å². The van der Waals surface area contributed by atoms with Gasteiger partial charge in [0.15, 0.2) is 6.10 Å². The lowest BCUT2D eigenvalue weighted by molar-refractivity contribution is -0.163. The molecular weight excluding hydrogens is 360 g/mol. The van der Waals surface area contributed by atoms with Crippen LogP contribution in [0.2, 0.25) is 0 Å². The molecule has 8 heteroatoms. The fourth-order valence-electron chi connectivity index (χ4n) is 4.39. The fourth-order valence-corrected chi connectivity index (χ4v) is 4.39. The molecule has 8 nitrogen and oxygen atoms in total. The van der Waals surface area contributed by atoms with Crippen LogP contribution in [0.5, 0.6) is 0 Å². The zero-order valence-electron chi connectivity index (χ0n) is 17.4. The molecule has 0 aromatic carbocycles. The van der Waals surface area contributed by atoms with E-state index in [1.54, 1.807) is 6.92 Å². The van der Waals surface area contributed by atoms with Crippen molar-refractivity contribution in [2.45, 2.75) is 57.8 Å². The number of nitrogens with one attached hydrogen (secondary N) is 1. The number of carbonyl (C=O) groups is 2. The molecule has 3 aliphatic rings. The predicted octanol–water partition coefficient (Wildman–Crippen LogP) is 0.909. The molecule has 3 rings (SSSR count). The van der Waals surface area contributed by atoms with E-state index in [2.05, 4.69) is 10.2 Å². The Morgan fingerprint density at radius 1 is 0.964 bits per heavy atom. The predicted molar refractivity (Wildman–Crippen MR) is 106 cm³/mol. The molecule has 1 unspecified atom stereocenters. The van der Waals surface area contributed by atoms with Gasteiger partial charge in [0.05, 0.1) is 0 Å². The maximum absolute atomic E-state index is 12.9. The van der Waals surface area contributed by atoms with Crippen molar-refractivity contribution in [2.75, 3.05) is 59.0 Å². The van der Waals surface area contributed by atoms with Gasteiger partial charge in [-0.1, -0.05) is 0 Å². The molecule has 1 atom stereocenters. The molecule has 0 aromatic heterocycles. The van der Waals surface area contributed by atoms with Crippen molar-refractivity contribution < 1.29 is 19.1 Å². The molecule has 0 radical (unpaired) electrons. The first-order chi connectivity index (χ1) is 13.6. The van der Waals surface area contributed by atoms with E-state index in [0.717, 1.165) is 39.3 Å². The Labute approximate surface area is 168 Å². The number of urea groups is 1. The van der Waals surface area contributed by atoms with Crippen molar-refractivity contribution in [1.29, 1.82) is 0 Å². The van der Waals surface area contributed by atoms with Gasteiger partial charge in [-0.05, 0) is 39.8 Å². The van der Waals surface area contributed by atoms with Crippen molar-refractivity contribution in [1.82, 2.24) is 20.0 Å². The number of amides is 2. The van der Waals surface area contributed by atoms with Crippen molar-refractivity contribution >= 4 is 12.0 Å². The molecule has 0 aliphatic carbocycles. The van der Waals surface area contributed by atoms with Crippen LogP contribution in [-0.4, -0.2) is 104 Å². The maximum Gasteiger partial charge on any atom is 0.335 e. The van der Waals surface area contributed by atoms with Crippen LogP contribution in [0.15, 0.2) is 0 Å². The van der Waals surface area contributed by atoms with Crippen LogP contribution in [0.4, 0.5) is 4.79 Å². The van der Waals surface area contributed by atoms with Crippen LogP contribution < -0.4 is 5.32 Å². The number of rotatable bonds is 5. The number of hydrogen-bond acceptors (Lipinski definition) is 6. The van der Waals surface area contributed by atoms with Gasteiger partial charge in [0.1, 0.15) is 6.10 Å². The normalized spacial score (nSPS) is 24.2. The van der Waals surface area contributed by atoms with Crippen molar-refractivity contribution in [3.63, 3.8) is 0 Å². The van der Waals surface area contributed by atoms with Crippen molar-refractivity contribution in [3.8, 4) is 0 Å². The average Bonchev–Trinajstić information content (AvgIpc) is 2.74. The van der Waals surface area contributed by atoms with Crippen LogP contribution >= 0.6 is 0 Å². The Balaban J connectivity index is 1.38. The zero-order valence-corrected chi connectivity index (χ0v) is 17.4. The highest BCUT2D eigenvalue weighted by Crippen LogP contribution is 2.19. The molecule has 28 heavy (non-hydrogen) atoms. The van der Waals surface area contributed by atoms with Crippen LogP contribution in [0.3, 0.4) is 0 Å². The molecule has 3 saturated heterocycles. The maximum atomic E-state index is 12.9. The van der Waals surface area contributed by atoms with Gasteiger partial charge in [-0.2, -0.15) is 0 Å². The summed E-state index contributed by atoms with van der Waals surface area (Å²) in [7, 11) is 0. The lowest BCUT2D eigenvalue weighted by Gasteiger charge is -2.43. The molecule has 3 aliphatic heterocycles. The summed E-state index contributed by atoms with van der Waals surface area (Å²) in [4.78, 5) is 31.3. The van der Waals surface area contributed by atoms with Crippen LogP contribution in [0, 0.1) is 0 Å². The molecule has 3 heterocycles. The van der Waals surface area contributed by atoms with Gasteiger partial charge in [0.25, 0.3) is 0 Å². The van der Waals surface area contributed by atoms with Crippen molar-refractivity contribution in [3.05, 3.63) is 0 Å². The minimum atomic E-state index is -0.527. The van der Waals surface area contributed by atoms with E-state index in [4.69, 9.17) is 9.47 Å². The van der Waals surface area contributed by atoms with E-state index in [1.807, 2.05) is 16.7 Å². The summed E-state index contributed by atoms with van der Waals surface area (Å²) >= 11 is 0. The third-order valence-corrected chi connectivity index (χ3v) is 6.15. The van der Waals surface area contributed by atoms with Gasteiger partial charge in [-0.15, -0.1) is 0 Å². The molecule has 160 valence electrons. The van der Waals surface area contributed by atoms with E-state index >= 15 is 0 Å². The van der Waals surface area contributed by atoms with Crippen LogP contribution in [-0.2, 0) is 14.3 Å². The zero-order chi connectivity index (χ0) is 19.9. The summed E-state index contributed by atoms with van der Waals surface area (Å²) in [5.41, 5.74) is 0. The highest BCUT2D eigenvalue weighted by molar-refractivity contribution is 5.75. The van der Waals surface area contributed by atoms with Gasteiger partial charge < -0.3 is 24.6 Å². The number of hydrogen-bond donors (Lipinski definition) is 1. The summed E-state index contributed by atoms with van der Waals surface area (Å²) in [5.74, 6) is -0.305. The molecule has 0 aromatic rings. The topological polar surface area (TPSA) is 74.4 Å². The SMILES string of the molecule is CCOC(C)C(=O)OC1CCN(C(=O)N2CCN(C3CCNCC3)CC2)CC1. The summed E-state index contributed by atoms with van der Waals surface area (Å²) in [5, 5.41) is 3.42. The molecule has 0 bridgehead atoms. The Kier molecular flexibility index (Phi) is 7.93. The number of nitrogens with zero attached hydrogens (tertiary/aromatic N) is 3. The van der Waals surface area contributed by atoms with E-state index in [9.17, 15) is 9.59 Å². The molecular formula is C20H36N4O4. The Hall–Kier alpha value is -1.38. The molecule has 1 N–H and O–H groups in total. The Morgan fingerprint density at radius 3 is 2.18 bits per heavy atom. The fraction of sp³-hybridized carbons (Fsp3) is 0.900. The second-order valence-corrected chi connectivity index (χ2v) is 8.01. The molecule has 0 spiro atoms. The van der Waals surface area contributed by atoms with Gasteiger partial charge in [0, 0.05) is 64.8 Å². The van der Waals surface area contributed by atoms with E-state index in [-0.39, 0.29) is 18.1 Å². The first-order valence-electron chi connectivity index (χ1n) is 10.9. The average molecular weight is 397 g/mol. The summed E-state index contributed by atoms with van der Waals surface area (Å²) in [6.45, 7) is 11.1. The van der Waals surface area contributed by atoms with E-state index < -0.39 is 6.10 Å². The minimum absolute atomic E-state index is 0.115. The van der Waals surface area contributed by atoms with Gasteiger partial charge in [0.2, 0.25) is 0 Å². The Bertz CT molecular complexity index is 510. The highest BCUT2D eigenvalue weighted by Gasteiger charge is 2.32. The number of likely N-dealkylation sites (tertiary alicyclic amines) is 1. The van der Waals surface area contributed by atoms with Crippen LogP contribution in [0.25, 0.3) is 0 Å². The van der Waals surface area contributed by atoms with Crippen LogP contribution in [0.1, 0.15) is 39.5 Å². The second-order valence-electron chi connectivity index (χ2n) is 8.01. The van der Waals surface area contributed by atoms with Gasteiger partial charge >= 0.3 is 12.0 Å². The quantitative estimate of drug-likeness (QED) is 0.697. The summed E-state index contributed by atoms with van der Waals surface area (Å²) in [6, 6.07) is 0.806.